The van der Waals surface area contributed by atoms with Crippen LogP contribution in [0.5, 0.6) is 0 Å². The van der Waals surface area contributed by atoms with E-state index in [4.69, 9.17) is 22.1 Å². The van der Waals surface area contributed by atoms with Gasteiger partial charge in [-0.3, -0.25) is 9.47 Å². The summed E-state index contributed by atoms with van der Waals surface area (Å²) in [6.07, 6.45) is 16.5. The van der Waals surface area contributed by atoms with Gasteiger partial charge in [-0.25, -0.2) is 15.0 Å². The molecule has 1 aromatic carbocycles. The zero-order chi connectivity index (χ0) is 27.2. The van der Waals surface area contributed by atoms with Crippen LogP contribution < -0.4 is 5.73 Å². The van der Waals surface area contributed by atoms with Gasteiger partial charge in [0.1, 0.15) is 11.3 Å². The van der Waals surface area contributed by atoms with Crippen molar-refractivity contribution < 1.29 is 0 Å². The molecule has 6 heterocycles. The number of terminal acetylenes is 1. The first-order valence-electron chi connectivity index (χ1n) is 14.1. The number of nitrogens with two attached hydrogens (primary N) is 1. The van der Waals surface area contributed by atoms with Crippen LogP contribution in [0.2, 0.25) is 0 Å². The van der Waals surface area contributed by atoms with E-state index in [2.05, 4.69) is 80.4 Å². The summed E-state index contributed by atoms with van der Waals surface area (Å²) in [6.45, 7) is 6.87. The van der Waals surface area contributed by atoms with E-state index in [1.54, 1.807) is 6.20 Å². The maximum atomic E-state index is 6.33. The van der Waals surface area contributed by atoms with E-state index in [-0.39, 0.29) is 0 Å². The number of allylic oxidation sites excluding steroid dienone is 3. The number of piperazine rings is 1. The van der Waals surface area contributed by atoms with Crippen molar-refractivity contribution in [1.29, 1.82) is 0 Å². The molecule has 3 saturated heterocycles. The largest absolute Gasteiger partial charge is 0.383 e. The lowest BCUT2D eigenvalue weighted by atomic mass is 9.86. The summed E-state index contributed by atoms with van der Waals surface area (Å²) in [4.78, 5) is 19.3. The third-order valence-corrected chi connectivity index (χ3v) is 8.69. The van der Waals surface area contributed by atoms with Gasteiger partial charge in [-0.1, -0.05) is 36.8 Å². The summed E-state index contributed by atoms with van der Waals surface area (Å²) >= 11 is 0. The normalized spacial score (nSPS) is 22.2. The van der Waals surface area contributed by atoms with E-state index in [1.807, 2.05) is 12.1 Å². The number of hydrogen-bond acceptors (Lipinski definition) is 6. The molecule has 0 spiro atoms. The lowest BCUT2D eigenvalue weighted by Gasteiger charge is -2.57. The predicted molar refractivity (Wildman–Crippen MR) is 160 cm³/mol. The average molecular weight is 528 g/mol. The number of piperidine rings is 1. The Hall–Kier alpha value is -4.41. The first-order chi connectivity index (χ1) is 19.6. The van der Waals surface area contributed by atoms with Gasteiger partial charge in [-0.15, -0.1) is 6.42 Å². The molecule has 1 aliphatic carbocycles. The minimum absolute atomic E-state index is 0.334. The molecule has 0 amide bonds. The van der Waals surface area contributed by atoms with Gasteiger partial charge in [-0.2, -0.15) is 0 Å². The summed E-state index contributed by atoms with van der Waals surface area (Å²) in [5, 5.41) is 0. The van der Waals surface area contributed by atoms with Gasteiger partial charge in [0.05, 0.1) is 11.3 Å². The Morgan fingerprint density at radius 1 is 1.07 bits per heavy atom. The van der Waals surface area contributed by atoms with E-state index in [9.17, 15) is 0 Å². The topological polar surface area (TPSA) is 76.1 Å². The molecule has 3 atom stereocenters. The van der Waals surface area contributed by atoms with Crippen molar-refractivity contribution in [3.05, 3.63) is 90.4 Å². The van der Waals surface area contributed by atoms with Crippen molar-refractivity contribution in [1.82, 2.24) is 29.3 Å². The average Bonchev–Trinajstić information content (AvgIpc) is 3.39. The van der Waals surface area contributed by atoms with Crippen LogP contribution in [0.4, 0.5) is 5.82 Å². The predicted octanol–water partition coefficient (Wildman–Crippen LogP) is 5.29. The third kappa shape index (κ3) is 4.25. The second-order valence-electron chi connectivity index (χ2n) is 11.1. The molecule has 7 heteroatoms. The van der Waals surface area contributed by atoms with Gasteiger partial charge in [0, 0.05) is 55.2 Å². The number of pyridine rings is 2. The standard InChI is InChI=1S/C33H33N7/c1-3-22(2)38-20-26-18-27(21-38)39(26)19-23-11-13-25(14-12-23)40-32(28-10-7-17-35-31(28)34)37-30-16-15-29(36-33(30)40)24-8-5-4-6-9-24/h1,5,7-8,10-17,24,26-27H,2,4,6,9,18-21H2,(H2,34,35). The number of hydrogen-bond donors (Lipinski definition) is 1. The van der Waals surface area contributed by atoms with Crippen LogP contribution in [0.3, 0.4) is 0 Å². The van der Waals surface area contributed by atoms with E-state index >= 15 is 0 Å². The van der Waals surface area contributed by atoms with Crippen molar-refractivity contribution in [2.45, 2.75) is 50.2 Å². The summed E-state index contributed by atoms with van der Waals surface area (Å²) in [5.74, 6) is 4.24. The SMILES string of the molecule is C#CC(=C)N1CC2CC(C1)N2Cc1ccc(-n2c(-c3cccnc3N)nc3ccc(C4C=CCCC4)nc32)cc1. The molecule has 3 aromatic heterocycles. The molecule has 8 rings (SSSR count). The van der Waals surface area contributed by atoms with Crippen molar-refractivity contribution in [3.8, 4) is 29.4 Å². The van der Waals surface area contributed by atoms with Gasteiger partial charge >= 0.3 is 0 Å². The van der Waals surface area contributed by atoms with Crippen molar-refractivity contribution >= 4 is 17.0 Å². The Balaban J connectivity index is 1.22. The third-order valence-electron chi connectivity index (χ3n) is 8.69. The Kier molecular flexibility index (Phi) is 6.13. The summed E-state index contributed by atoms with van der Waals surface area (Å²) in [6, 6.07) is 17.9. The first-order valence-corrected chi connectivity index (χ1v) is 14.1. The molecular weight excluding hydrogens is 494 g/mol. The number of nitrogens with zero attached hydrogens (tertiary/aromatic N) is 6. The highest BCUT2D eigenvalue weighted by Gasteiger charge is 2.44. The fraction of sp³-hybridized carbons (Fsp3) is 0.303. The minimum Gasteiger partial charge on any atom is -0.383 e. The molecule has 0 radical (unpaired) electrons. The summed E-state index contributed by atoms with van der Waals surface area (Å²) in [7, 11) is 0. The van der Waals surface area contributed by atoms with Crippen LogP contribution in [0.15, 0.2) is 79.2 Å². The zero-order valence-electron chi connectivity index (χ0n) is 22.6. The van der Waals surface area contributed by atoms with Crippen LogP contribution in [-0.2, 0) is 6.54 Å². The molecule has 4 aliphatic rings. The van der Waals surface area contributed by atoms with Gasteiger partial charge < -0.3 is 10.6 Å². The molecule has 0 saturated carbocycles. The number of nitrogen functional groups attached to an aromatic ring is 1. The molecule has 3 unspecified atom stereocenters. The fourth-order valence-electron chi connectivity index (χ4n) is 6.49. The zero-order valence-corrected chi connectivity index (χ0v) is 22.6. The van der Waals surface area contributed by atoms with Crippen LogP contribution in [0, 0.1) is 12.3 Å². The van der Waals surface area contributed by atoms with Gasteiger partial charge in [0.2, 0.25) is 0 Å². The highest BCUT2D eigenvalue weighted by molar-refractivity contribution is 5.83. The number of anilines is 1. The molecule has 7 nitrogen and oxygen atoms in total. The Morgan fingerprint density at radius 3 is 2.62 bits per heavy atom. The lowest BCUT2D eigenvalue weighted by molar-refractivity contribution is -0.0626. The number of aromatic nitrogens is 4. The fourth-order valence-corrected chi connectivity index (χ4v) is 6.49. The van der Waals surface area contributed by atoms with Crippen molar-refractivity contribution in [2.24, 2.45) is 0 Å². The molecule has 3 aliphatic heterocycles. The highest BCUT2D eigenvalue weighted by Crippen LogP contribution is 2.36. The molecule has 40 heavy (non-hydrogen) atoms. The quantitative estimate of drug-likeness (QED) is 0.271. The number of benzene rings is 1. The Bertz CT molecular complexity index is 1650. The van der Waals surface area contributed by atoms with Crippen LogP contribution in [0.25, 0.3) is 28.2 Å². The summed E-state index contributed by atoms with van der Waals surface area (Å²) in [5.41, 5.74) is 13.0. The van der Waals surface area contributed by atoms with Crippen LogP contribution in [0.1, 0.15) is 42.9 Å². The molecule has 2 N–H and O–H groups in total. The van der Waals surface area contributed by atoms with Crippen LogP contribution in [-0.4, -0.2) is 54.5 Å². The van der Waals surface area contributed by atoms with Crippen LogP contribution >= 0.6 is 0 Å². The Labute approximate surface area is 235 Å². The van der Waals surface area contributed by atoms with E-state index in [0.29, 0.717) is 23.8 Å². The number of rotatable bonds is 6. The monoisotopic (exact) mass is 527 g/mol. The van der Waals surface area contributed by atoms with Gasteiger partial charge in [0.25, 0.3) is 0 Å². The maximum Gasteiger partial charge on any atom is 0.165 e. The van der Waals surface area contributed by atoms with E-state index in [0.717, 1.165) is 72.1 Å². The lowest BCUT2D eigenvalue weighted by Crippen LogP contribution is -2.67. The van der Waals surface area contributed by atoms with Gasteiger partial charge in [-0.05, 0) is 67.6 Å². The molecular formula is C33H33N7. The number of fused-ring (bicyclic) bond motifs is 3. The first kappa shape index (κ1) is 24.6. The summed E-state index contributed by atoms with van der Waals surface area (Å²) < 4.78 is 2.13. The maximum absolute atomic E-state index is 6.33. The number of imidazole rings is 1. The molecule has 4 aromatic rings. The van der Waals surface area contributed by atoms with Crippen molar-refractivity contribution in [2.75, 3.05) is 18.8 Å². The Morgan fingerprint density at radius 2 is 1.90 bits per heavy atom. The molecule has 200 valence electrons. The second kappa shape index (κ2) is 9.96. The van der Waals surface area contributed by atoms with Crippen molar-refractivity contribution in [3.63, 3.8) is 0 Å². The second-order valence-corrected chi connectivity index (χ2v) is 11.1. The molecule has 2 bridgehead atoms. The smallest absolute Gasteiger partial charge is 0.165 e. The highest BCUT2D eigenvalue weighted by atomic mass is 15.4. The van der Waals surface area contributed by atoms with E-state index < -0.39 is 0 Å². The molecule has 3 fully saturated rings. The van der Waals surface area contributed by atoms with E-state index in [1.165, 1.54) is 18.4 Å². The minimum atomic E-state index is 0.334. The van der Waals surface area contributed by atoms with Gasteiger partial charge in [0.15, 0.2) is 11.5 Å².